The Hall–Kier alpha value is -0.160. The molecule has 0 aromatic rings. The third-order valence-corrected chi connectivity index (χ3v) is 3.37. The molecule has 0 atom stereocenters. The molecule has 0 radical (unpaired) electrons. The second-order valence-corrected chi connectivity index (χ2v) is 4.72. The van der Waals surface area contributed by atoms with Crippen molar-refractivity contribution < 1.29 is 9.84 Å². The van der Waals surface area contributed by atoms with Crippen LogP contribution in [0.2, 0.25) is 0 Å². The lowest BCUT2D eigenvalue weighted by Crippen LogP contribution is -2.47. The van der Waals surface area contributed by atoms with E-state index in [2.05, 4.69) is 10.2 Å². The summed E-state index contributed by atoms with van der Waals surface area (Å²) in [7, 11) is 0. The summed E-state index contributed by atoms with van der Waals surface area (Å²) in [4.78, 5) is 2.38. The van der Waals surface area contributed by atoms with Gasteiger partial charge in [-0.05, 0) is 19.5 Å². The predicted molar refractivity (Wildman–Crippen MR) is 58.9 cm³/mol. The number of nitrogens with one attached hydrogen (secondary N) is 1. The van der Waals surface area contributed by atoms with E-state index in [1.54, 1.807) is 0 Å². The van der Waals surface area contributed by atoms with Crippen LogP contribution in [-0.2, 0) is 4.74 Å². The molecule has 0 aromatic heterocycles. The molecule has 15 heavy (non-hydrogen) atoms. The van der Waals surface area contributed by atoms with Gasteiger partial charge in [-0.25, -0.2) is 0 Å². The third-order valence-electron chi connectivity index (χ3n) is 3.37. The van der Waals surface area contributed by atoms with Gasteiger partial charge in [0.15, 0.2) is 0 Å². The second kappa shape index (κ2) is 5.25. The minimum absolute atomic E-state index is 0.497. The van der Waals surface area contributed by atoms with Crippen molar-refractivity contribution in [3.05, 3.63) is 0 Å². The quantitative estimate of drug-likeness (QED) is 0.669. The highest BCUT2D eigenvalue weighted by Crippen LogP contribution is 2.21. The van der Waals surface area contributed by atoms with E-state index in [4.69, 9.17) is 4.74 Å². The van der Waals surface area contributed by atoms with Gasteiger partial charge in [0.05, 0.1) is 5.60 Å². The molecule has 0 unspecified atom stereocenters. The average molecular weight is 214 g/mol. The largest absolute Gasteiger partial charge is 0.388 e. The summed E-state index contributed by atoms with van der Waals surface area (Å²) in [6.07, 6.45) is 2.76. The van der Waals surface area contributed by atoms with Gasteiger partial charge >= 0.3 is 0 Å². The van der Waals surface area contributed by atoms with Crippen molar-refractivity contribution in [3.8, 4) is 0 Å². The van der Waals surface area contributed by atoms with E-state index in [-0.39, 0.29) is 0 Å². The van der Waals surface area contributed by atoms with E-state index in [0.29, 0.717) is 13.2 Å². The fourth-order valence-electron chi connectivity index (χ4n) is 2.39. The standard InChI is InChI=1S/C11H22N2O2/c14-11(2-8-15-9-3-11)10-13-6-1-4-12-5-7-13/h12,14H,1-10H2. The molecule has 0 aromatic carbocycles. The summed E-state index contributed by atoms with van der Waals surface area (Å²) in [5.74, 6) is 0. The summed E-state index contributed by atoms with van der Waals surface area (Å²) in [5.41, 5.74) is -0.497. The molecular weight excluding hydrogens is 192 g/mol. The van der Waals surface area contributed by atoms with Gasteiger partial charge in [0.25, 0.3) is 0 Å². The van der Waals surface area contributed by atoms with Crippen LogP contribution >= 0.6 is 0 Å². The molecule has 2 heterocycles. The number of rotatable bonds is 2. The van der Waals surface area contributed by atoms with Crippen LogP contribution in [0.3, 0.4) is 0 Å². The summed E-state index contributed by atoms with van der Waals surface area (Å²) in [5, 5.41) is 13.8. The molecule has 88 valence electrons. The molecule has 0 spiro atoms. The monoisotopic (exact) mass is 214 g/mol. The zero-order chi connectivity index (χ0) is 10.6. The number of hydrogen-bond acceptors (Lipinski definition) is 4. The first-order valence-electron chi connectivity index (χ1n) is 6.02. The minimum Gasteiger partial charge on any atom is -0.388 e. The van der Waals surface area contributed by atoms with Crippen molar-refractivity contribution in [1.82, 2.24) is 10.2 Å². The van der Waals surface area contributed by atoms with Crippen LogP contribution in [0.4, 0.5) is 0 Å². The van der Waals surface area contributed by atoms with Crippen LogP contribution in [0.25, 0.3) is 0 Å². The zero-order valence-electron chi connectivity index (χ0n) is 9.37. The van der Waals surface area contributed by atoms with Crippen LogP contribution in [0, 0.1) is 0 Å². The van der Waals surface area contributed by atoms with Gasteiger partial charge in [0.2, 0.25) is 0 Å². The lowest BCUT2D eigenvalue weighted by molar-refractivity contribution is -0.0791. The highest BCUT2D eigenvalue weighted by Gasteiger charge is 2.31. The summed E-state index contributed by atoms with van der Waals surface area (Å²) in [6, 6.07) is 0. The Bertz CT molecular complexity index is 185. The van der Waals surface area contributed by atoms with Gasteiger partial charge in [-0.15, -0.1) is 0 Å². The molecule has 0 amide bonds. The molecule has 0 bridgehead atoms. The van der Waals surface area contributed by atoms with Crippen LogP contribution in [-0.4, -0.2) is 61.5 Å². The summed E-state index contributed by atoms with van der Waals surface area (Å²) < 4.78 is 5.29. The first-order chi connectivity index (χ1) is 7.29. The lowest BCUT2D eigenvalue weighted by atomic mass is 9.94. The molecule has 2 N–H and O–H groups in total. The van der Waals surface area contributed by atoms with Gasteiger partial charge in [-0.3, -0.25) is 4.90 Å². The summed E-state index contributed by atoms with van der Waals surface area (Å²) in [6.45, 7) is 6.56. The van der Waals surface area contributed by atoms with E-state index in [0.717, 1.165) is 45.6 Å². The topological polar surface area (TPSA) is 44.7 Å². The first kappa shape index (κ1) is 11.3. The van der Waals surface area contributed by atoms with Crippen molar-refractivity contribution in [2.24, 2.45) is 0 Å². The van der Waals surface area contributed by atoms with Gasteiger partial charge in [-0.2, -0.15) is 0 Å². The van der Waals surface area contributed by atoms with E-state index < -0.39 is 5.60 Å². The Labute approximate surface area is 91.6 Å². The Morgan fingerprint density at radius 2 is 2.00 bits per heavy atom. The molecule has 0 saturated carbocycles. The Morgan fingerprint density at radius 1 is 1.20 bits per heavy atom. The molecule has 2 fully saturated rings. The van der Waals surface area contributed by atoms with Crippen LogP contribution in [0.15, 0.2) is 0 Å². The highest BCUT2D eigenvalue weighted by atomic mass is 16.5. The maximum atomic E-state index is 10.4. The van der Waals surface area contributed by atoms with Crippen molar-refractivity contribution >= 4 is 0 Å². The Balaban J connectivity index is 1.82. The lowest BCUT2D eigenvalue weighted by Gasteiger charge is -2.36. The number of β-amino-alcohol motifs (C(OH)–C–C–N with tert-alkyl or cyclic N) is 1. The third kappa shape index (κ3) is 3.41. The predicted octanol–water partition coefficient (Wildman–Crippen LogP) is -0.177. The smallest absolute Gasteiger partial charge is 0.0817 e. The highest BCUT2D eigenvalue weighted by molar-refractivity contribution is 4.85. The molecule has 2 saturated heterocycles. The molecule has 4 heteroatoms. The summed E-state index contributed by atoms with van der Waals surface area (Å²) >= 11 is 0. The van der Waals surface area contributed by atoms with Gasteiger partial charge in [0.1, 0.15) is 0 Å². The fraction of sp³-hybridized carbons (Fsp3) is 1.00. The zero-order valence-corrected chi connectivity index (χ0v) is 9.37. The van der Waals surface area contributed by atoms with Crippen molar-refractivity contribution in [2.45, 2.75) is 24.9 Å². The van der Waals surface area contributed by atoms with Crippen molar-refractivity contribution in [1.29, 1.82) is 0 Å². The number of ether oxygens (including phenoxy) is 1. The second-order valence-electron chi connectivity index (χ2n) is 4.72. The normalized spacial score (nSPS) is 28.6. The molecule has 2 aliphatic heterocycles. The maximum absolute atomic E-state index is 10.4. The fourth-order valence-corrected chi connectivity index (χ4v) is 2.39. The molecular formula is C11H22N2O2. The van der Waals surface area contributed by atoms with Crippen LogP contribution in [0.5, 0.6) is 0 Å². The van der Waals surface area contributed by atoms with E-state index >= 15 is 0 Å². The number of nitrogens with zero attached hydrogens (tertiary/aromatic N) is 1. The first-order valence-corrected chi connectivity index (χ1v) is 6.02. The van der Waals surface area contributed by atoms with Crippen LogP contribution < -0.4 is 5.32 Å². The maximum Gasteiger partial charge on any atom is 0.0817 e. The Morgan fingerprint density at radius 3 is 2.80 bits per heavy atom. The van der Waals surface area contributed by atoms with Gasteiger partial charge < -0.3 is 15.2 Å². The van der Waals surface area contributed by atoms with Gasteiger partial charge in [-0.1, -0.05) is 0 Å². The van der Waals surface area contributed by atoms with Crippen molar-refractivity contribution in [2.75, 3.05) is 45.9 Å². The Kier molecular flexibility index (Phi) is 3.97. The number of hydrogen-bond donors (Lipinski definition) is 2. The van der Waals surface area contributed by atoms with Crippen LogP contribution in [0.1, 0.15) is 19.3 Å². The molecule has 4 nitrogen and oxygen atoms in total. The molecule has 2 rings (SSSR count). The van der Waals surface area contributed by atoms with E-state index in [1.165, 1.54) is 6.42 Å². The average Bonchev–Trinajstić information content (AvgIpc) is 2.47. The molecule has 0 aliphatic carbocycles. The van der Waals surface area contributed by atoms with Crippen molar-refractivity contribution in [3.63, 3.8) is 0 Å². The minimum atomic E-state index is -0.497. The molecule has 2 aliphatic rings. The van der Waals surface area contributed by atoms with E-state index in [1.807, 2.05) is 0 Å². The number of aliphatic hydroxyl groups is 1. The van der Waals surface area contributed by atoms with E-state index in [9.17, 15) is 5.11 Å². The van der Waals surface area contributed by atoms with Gasteiger partial charge in [0, 0.05) is 45.7 Å². The SMILES string of the molecule is OC1(CN2CCCNCC2)CCOCC1.